The van der Waals surface area contributed by atoms with Gasteiger partial charge in [0.2, 0.25) is 15.6 Å². The van der Waals surface area contributed by atoms with Gasteiger partial charge in [0.25, 0.3) is 5.91 Å². The minimum Gasteiger partial charge on any atom is -0.351 e. The van der Waals surface area contributed by atoms with Gasteiger partial charge in [-0.25, -0.2) is 8.42 Å². The number of nitrogens with one attached hydrogen (secondary N) is 2. The summed E-state index contributed by atoms with van der Waals surface area (Å²) in [4.78, 5) is 33.0. The fraction of sp³-hybridized carbons (Fsp3) is 0.429. The first kappa shape index (κ1) is 26.6. The molecule has 1 aromatic heterocycles. The Kier molecular flexibility index (Phi) is 8.23. The molecule has 2 fully saturated rings. The van der Waals surface area contributed by atoms with Gasteiger partial charge in [0.1, 0.15) is 0 Å². The molecule has 0 aliphatic carbocycles. The van der Waals surface area contributed by atoms with E-state index < -0.39 is 15.6 Å². The van der Waals surface area contributed by atoms with Crippen LogP contribution in [0.5, 0.6) is 0 Å². The molecule has 0 radical (unpaired) electrons. The Labute approximate surface area is 223 Å². The molecule has 0 saturated carbocycles. The minimum absolute atomic E-state index is 0.140. The normalized spacial score (nSPS) is 18.0. The first-order valence-corrected chi connectivity index (χ1v) is 14.8. The minimum atomic E-state index is -3.66. The molecule has 5 rings (SSSR count). The van der Waals surface area contributed by atoms with Crippen LogP contribution in [0.25, 0.3) is 10.9 Å². The van der Waals surface area contributed by atoms with Crippen molar-refractivity contribution in [3.05, 3.63) is 76.1 Å². The molecule has 0 spiro atoms. The predicted octanol–water partition coefficient (Wildman–Crippen LogP) is 2.25. The molecule has 3 heterocycles. The van der Waals surface area contributed by atoms with Crippen molar-refractivity contribution in [2.45, 2.75) is 30.7 Å². The largest absolute Gasteiger partial charge is 0.351 e. The summed E-state index contributed by atoms with van der Waals surface area (Å²) in [6, 6.07) is 16.3. The third-order valence-corrected chi connectivity index (χ3v) is 9.33. The van der Waals surface area contributed by atoms with Crippen LogP contribution in [0, 0.1) is 0 Å². The van der Waals surface area contributed by atoms with Crippen molar-refractivity contribution in [2.24, 2.45) is 0 Å². The van der Waals surface area contributed by atoms with Crippen LogP contribution in [0.3, 0.4) is 0 Å². The summed E-state index contributed by atoms with van der Waals surface area (Å²) >= 11 is 0. The van der Waals surface area contributed by atoms with Gasteiger partial charge in [0.05, 0.1) is 10.5 Å². The van der Waals surface area contributed by atoms with E-state index in [0.717, 1.165) is 52.0 Å². The average molecular weight is 538 g/mol. The number of sulfonamides is 1. The number of carbonyl (C=O) groups is 1. The van der Waals surface area contributed by atoms with E-state index in [4.69, 9.17) is 0 Å². The number of carbonyl (C=O) groups excluding carboxylic acids is 1. The van der Waals surface area contributed by atoms with Crippen LogP contribution in [0.4, 0.5) is 0 Å². The van der Waals surface area contributed by atoms with Crippen molar-refractivity contribution >= 4 is 26.8 Å². The second kappa shape index (κ2) is 11.8. The van der Waals surface area contributed by atoms with E-state index in [-0.39, 0.29) is 16.4 Å². The van der Waals surface area contributed by atoms with Crippen LogP contribution in [-0.2, 0) is 16.6 Å². The van der Waals surface area contributed by atoms with Gasteiger partial charge in [0, 0.05) is 75.9 Å². The highest BCUT2D eigenvalue weighted by Gasteiger charge is 2.27. The monoisotopic (exact) mass is 537 g/mol. The molecular weight excluding hydrogens is 502 g/mol. The van der Waals surface area contributed by atoms with Gasteiger partial charge >= 0.3 is 0 Å². The molecule has 2 N–H and O–H groups in total. The third-order valence-electron chi connectivity index (χ3n) is 7.44. The van der Waals surface area contributed by atoms with E-state index in [2.05, 4.69) is 44.4 Å². The molecule has 9 nitrogen and oxygen atoms in total. The van der Waals surface area contributed by atoms with Crippen LogP contribution in [0.2, 0.25) is 0 Å². The Bertz CT molecular complexity index is 1430. The Morgan fingerprint density at radius 2 is 1.58 bits per heavy atom. The average Bonchev–Trinajstić information content (AvgIpc) is 2.94. The zero-order chi connectivity index (χ0) is 26.5. The summed E-state index contributed by atoms with van der Waals surface area (Å²) in [7, 11) is -3.66. The van der Waals surface area contributed by atoms with Crippen LogP contribution >= 0.6 is 0 Å². The van der Waals surface area contributed by atoms with Gasteiger partial charge in [-0.1, -0.05) is 36.8 Å². The standard InChI is InChI=1S/C28H35N5O4S/c34-27-20-25(24-19-23(9-10-26(24)30-27)38(36,37)33-12-5-2-6-13-33)28(35)29-11-14-31-15-17-32(18-16-31)21-22-7-3-1-4-8-22/h1,3-4,7-10,19-20H,2,5-6,11-18,21H2,(H,29,35)(H,30,34). The number of aromatic amines is 1. The highest BCUT2D eigenvalue weighted by atomic mass is 32.2. The van der Waals surface area contributed by atoms with Crippen molar-refractivity contribution in [3.8, 4) is 0 Å². The van der Waals surface area contributed by atoms with E-state index in [9.17, 15) is 18.0 Å². The fourth-order valence-electron chi connectivity index (χ4n) is 5.27. The molecular formula is C28H35N5O4S. The summed E-state index contributed by atoms with van der Waals surface area (Å²) in [5.74, 6) is -0.378. The number of H-pyrrole nitrogens is 1. The number of hydrogen-bond donors (Lipinski definition) is 2. The highest BCUT2D eigenvalue weighted by Crippen LogP contribution is 2.25. The van der Waals surface area contributed by atoms with E-state index in [1.807, 2.05) is 6.07 Å². The van der Waals surface area contributed by atoms with Crippen LogP contribution < -0.4 is 10.9 Å². The summed E-state index contributed by atoms with van der Waals surface area (Å²) in [5, 5.41) is 3.36. The van der Waals surface area contributed by atoms with Crippen LogP contribution in [0.15, 0.2) is 64.3 Å². The fourth-order valence-corrected chi connectivity index (χ4v) is 6.81. The first-order valence-electron chi connectivity index (χ1n) is 13.3. The summed E-state index contributed by atoms with van der Waals surface area (Å²) < 4.78 is 27.9. The second-order valence-corrected chi connectivity index (χ2v) is 12.0. The number of rotatable bonds is 8. The number of benzene rings is 2. The summed E-state index contributed by atoms with van der Waals surface area (Å²) in [6.07, 6.45) is 2.71. The number of aromatic nitrogens is 1. The number of piperidine rings is 1. The van der Waals surface area contributed by atoms with Gasteiger partial charge in [0.15, 0.2) is 0 Å². The lowest BCUT2D eigenvalue weighted by Crippen LogP contribution is -2.48. The number of piperazine rings is 1. The molecule has 10 heteroatoms. The Morgan fingerprint density at radius 3 is 2.32 bits per heavy atom. The summed E-state index contributed by atoms with van der Waals surface area (Å²) in [5.41, 5.74) is 1.54. The zero-order valence-corrected chi connectivity index (χ0v) is 22.4. The van der Waals surface area contributed by atoms with Crippen LogP contribution in [0.1, 0.15) is 35.2 Å². The molecule has 2 aliphatic rings. The third kappa shape index (κ3) is 6.15. The lowest BCUT2D eigenvalue weighted by molar-refractivity contribution is 0.0935. The molecule has 2 aromatic carbocycles. The van der Waals surface area contributed by atoms with Gasteiger partial charge in [-0.2, -0.15) is 4.31 Å². The van der Waals surface area contributed by atoms with Crippen molar-refractivity contribution in [1.82, 2.24) is 24.4 Å². The van der Waals surface area contributed by atoms with Crippen molar-refractivity contribution in [1.29, 1.82) is 0 Å². The Hall–Kier alpha value is -3.05. The molecule has 202 valence electrons. The molecule has 38 heavy (non-hydrogen) atoms. The van der Waals surface area contributed by atoms with Crippen molar-refractivity contribution < 1.29 is 13.2 Å². The maximum atomic E-state index is 13.2. The number of hydrogen-bond acceptors (Lipinski definition) is 6. The van der Waals surface area contributed by atoms with Gasteiger partial charge in [-0.3, -0.25) is 19.4 Å². The topological polar surface area (TPSA) is 106 Å². The van der Waals surface area contributed by atoms with Crippen molar-refractivity contribution in [3.63, 3.8) is 0 Å². The lowest BCUT2D eigenvalue weighted by Gasteiger charge is -2.34. The number of pyridine rings is 1. The van der Waals surface area contributed by atoms with Gasteiger partial charge in [-0.05, 0) is 36.6 Å². The lowest BCUT2D eigenvalue weighted by atomic mass is 10.1. The molecule has 3 aromatic rings. The first-order chi connectivity index (χ1) is 18.4. The Morgan fingerprint density at radius 1 is 0.868 bits per heavy atom. The molecule has 0 atom stereocenters. The SMILES string of the molecule is O=C(NCCN1CCN(Cc2ccccc2)CC1)c1cc(=O)[nH]c2ccc(S(=O)(=O)N3CCCCC3)cc12. The molecule has 2 aliphatic heterocycles. The van der Waals surface area contributed by atoms with Gasteiger partial charge in [-0.15, -0.1) is 0 Å². The number of nitrogens with zero attached hydrogens (tertiary/aromatic N) is 3. The van der Waals surface area contributed by atoms with Gasteiger partial charge < -0.3 is 10.3 Å². The van der Waals surface area contributed by atoms with E-state index in [1.165, 1.54) is 28.1 Å². The van der Waals surface area contributed by atoms with Crippen LogP contribution in [-0.4, -0.2) is 85.8 Å². The zero-order valence-electron chi connectivity index (χ0n) is 21.6. The maximum absolute atomic E-state index is 13.2. The number of amides is 1. The Balaban J connectivity index is 1.21. The molecule has 1 amide bonds. The smallest absolute Gasteiger partial charge is 0.252 e. The van der Waals surface area contributed by atoms with E-state index in [0.29, 0.717) is 37.1 Å². The summed E-state index contributed by atoms with van der Waals surface area (Å²) in [6.45, 7) is 6.88. The number of fused-ring (bicyclic) bond motifs is 1. The van der Waals surface area contributed by atoms with Crippen molar-refractivity contribution in [2.75, 3.05) is 52.4 Å². The molecule has 0 bridgehead atoms. The predicted molar refractivity (Wildman–Crippen MR) is 148 cm³/mol. The van der Waals surface area contributed by atoms with E-state index in [1.54, 1.807) is 6.07 Å². The van der Waals surface area contributed by atoms with E-state index >= 15 is 0 Å². The second-order valence-electron chi connectivity index (χ2n) is 10.1. The maximum Gasteiger partial charge on any atom is 0.252 e. The quantitative estimate of drug-likeness (QED) is 0.457. The molecule has 0 unspecified atom stereocenters. The highest BCUT2D eigenvalue weighted by molar-refractivity contribution is 7.89. The molecule has 2 saturated heterocycles.